The maximum absolute atomic E-state index is 12.8. The Morgan fingerprint density at radius 1 is 0.971 bits per heavy atom. The molecule has 2 aliphatic rings. The number of benzene rings is 2. The molecular weight excluding hydrogens is 430 g/mol. The third-order valence-corrected chi connectivity index (χ3v) is 6.62. The smallest absolute Gasteiger partial charge is 0.251 e. The lowest BCUT2D eigenvalue weighted by molar-refractivity contribution is -0.134. The summed E-state index contributed by atoms with van der Waals surface area (Å²) in [5, 5.41) is 5.63. The zero-order valence-electron chi connectivity index (χ0n) is 19.9. The topological polar surface area (TPSA) is 85.0 Å². The molecule has 2 aromatic carbocycles. The van der Waals surface area contributed by atoms with Gasteiger partial charge in [-0.1, -0.05) is 12.1 Å². The van der Waals surface area contributed by atoms with E-state index in [1.165, 1.54) is 18.5 Å². The molecule has 1 atom stereocenters. The van der Waals surface area contributed by atoms with E-state index in [-0.39, 0.29) is 30.3 Å². The van der Waals surface area contributed by atoms with E-state index in [0.717, 1.165) is 24.3 Å². The molecule has 0 spiro atoms. The van der Waals surface area contributed by atoms with Gasteiger partial charge in [0.05, 0.1) is 12.6 Å². The number of hydrogen-bond acceptors (Lipinski definition) is 5. The molecule has 34 heavy (non-hydrogen) atoms. The first-order valence-electron chi connectivity index (χ1n) is 11.9. The number of carbonyl (C=O) groups excluding carboxylic acids is 3. The van der Waals surface area contributed by atoms with Gasteiger partial charge in [0.1, 0.15) is 0 Å². The van der Waals surface area contributed by atoms with Crippen molar-refractivity contribution in [3.05, 3.63) is 59.7 Å². The average molecular weight is 464 g/mol. The lowest BCUT2D eigenvalue weighted by Crippen LogP contribution is -2.51. The van der Waals surface area contributed by atoms with E-state index < -0.39 is 0 Å². The second-order valence-corrected chi connectivity index (χ2v) is 8.96. The van der Waals surface area contributed by atoms with Crippen molar-refractivity contribution < 1.29 is 14.4 Å². The summed E-state index contributed by atoms with van der Waals surface area (Å²) in [7, 11) is 1.60. The summed E-state index contributed by atoms with van der Waals surface area (Å²) in [6.45, 7) is 5.65. The molecular formula is C26H33N5O3. The van der Waals surface area contributed by atoms with E-state index in [1.807, 2.05) is 35.2 Å². The number of nitrogens with zero attached hydrogens (tertiary/aromatic N) is 3. The quantitative estimate of drug-likeness (QED) is 0.688. The van der Waals surface area contributed by atoms with Crippen LogP contribution >= 0.6 is 0 Å². The maximum Gasteiger partial charge on any atom is 0.251 e. The Hall–Kier alpha value is -3.39. The van der Waals surface area contributed by atoms with Crippen LogP contribution < -0.4 is 15.5 Å². The maximum atomic E-state index is 12.8. The molecule has 180 valence electrons. The lowest BCUT2D eigenvalue weighted by Gasteiger charge is -2.41. The highest BCUT2D eigenvalue weighted by molar-refractivity contribution is 5.94. The predicted octanol–water partition coefficient (Wildman–Crippen LogP) is 2.49. The first-order chi connectivity index (χ1) is 16.4. The van der Waals surface area contributed by atoms with Crippen LogP contribution in [0.15, 0.2) is 48.5 Å². The number of rotatable bonds is 6. The van der Waals surface area contributed by atoms with Gasteiger partial charge in [-0.2, -0.15) is 0 Å². The Balaban J connectivity index is 1.40. The highest BCUT2D eigenvalue weighted by Crippen LogP contribution is 2.27. The van der Waals surface area contributed by atoms with Gasteiger partial charge >= 0.3 is 0 Å². The van der Waals surface area contributed by atoms with Crippen LogP contribution in [0.2, 0.25) is 0 Å². The van der Waals surface area contributed by atoms with Crippen molar-refractivity contribution in [2.24, 2.45) is 0 Å². The van der Waals surface area contributed by atoms with Crippen LogP contribution in [0, 0.1) is 0 Å². The van der Waals surface area contributed by atoms with Gasteiger partial charge in [0.25, 0.3) is 5.91 Å². The first-order valence-corrected chi connectivity index (χ1v) is 11.9. The highest BCUT2D eigenvalue weighted by atomic mass is 16.2. The minimum atomic E-state index is -0.219. The van der Waals surface area contributed by atoms with E-state index in [0.29, 0.717) is 25.2 Å². The number of nitrogens with one attached hydrogen (secondary N) is 2. The van der Waals surface area contributed by atoms with Crippen molar-refractivity contribution in [1.82, 2.24) is 15.1 Å². The summed E-state index contributed by atoms with van der Waals surface area (Å²) in [5.41, 5.74) is 3.41. The van der Waals surface area contributed by atoms with E-state index >= 15 is 0 Å². The largest absolute Gasteiger partial charge is 0.372 e. The average Bonchev–Trinajstić information content (AvgIpc) is 3.39. The van der Waals surface area contributed by atoms with Gasteiger partial charge in [0.2, 0.25) is 11.8 Å². The minimum Gasteiger partial charge on any atom is -0.372 e. The van der Waals surface area contributed by atoms with Crippen molar-refractivity contribution >= 4 is 29.1 Å². The summed E-state index contributed by atoms with van der Waals surface area (Å²) >= 11 is 0. The van der Waals surface area contributed by atoms with Crippen LogP contribution in [-0.2, 0) is 9.59 Å². The molecule has 8 nitrogen and oxygen atoms in total. The van der Waals surface area contributed by atoms with Gasteiger partial charge in [-0.05, 0) is 54.8 Å². The second-order valence-electron chi connectivity index (χ2n) is 8.96. The van der Waals surface area contributed by atoms with Gasteiger partial charge < -0.3 is 20.4 Å². The number of carbonyl (C=O) groups is 3. The Labute approximate surface area is 200 Å². The fraction of sp³-hybridized carbons (Fsp3) is 0.423. The summed E-state index contributed by atoms with van der Waals surface area (Å²) in [5.74, 6) is -0.264. The molecule has 3 amide bonds. The molecule has 2 heterocycles. The van der Waals surface area contributed by atoms with Crippen molar-refractivity contribution in [2.75, 3.05) is 56.5 Å². The molecule has 0 aromatic heterocycles. The molecule has 0 unspecified atom stereocenters. The third kappa shape index (κ3) is 5.56. The normalized spacial score (nSPS) is 18.6. The Bertz CT molecular complexity index is 1030. The van der Waals surface area contributed by atoms with Gasteiger partial charge in [-0.25, -0.2) is 0 Å². The molecule has 0 saturated carbocycles. The fourth-order valence-electron chi connectivity index (χ4n) is 4.81. The van der Waals surface area contributed by atoms with Crippen LogP contribution in [0.5, 0.6) is 0 Å². The monoisotopic (exact) mass is 463 g/mol. The van der Waals surface area contributed by atoms with Crippen LogP contribution in [0.1, 0.15) is 41.7 Å². The number of amides is 3. The van der Waals surface area contributed by atoms with E-state index in [1.54, 1.807) is 20.0 Å². The molecule has 2 fully saturated rings. The zero-order valence-corrected chi connectivity index (χ0v) is 19.9. The molecule has 0 bridgehead atoms. The van der Waals surface area contributed by atoms with Crippen molar-refractivity contribution in [3.8, 4) is 0 Å². The summed E-state index contributed by atoms with van der Waals surface area (Å²) in [4.78, 5) is 43.4. The van der Waals surface area contributed by atoms with E-state index in [4.69, 9.17) is 0 Å². The van der Waals surface area contributed by atoms with Crippen molar-refractivity contribution in [2.45, 2.75) is 25.8 Å². The highest BCUT2D eigenvalue weighted by Gasteiger charge is 2.31. The third-order valence-electron chi connectivity index (χ3n) is 6.62. The van der Waals surface area contributed by atoms with Crippen LogP contribution in [0.4, 0.5) is 11.4 Å². The predicted molar refractivity (Wildman–Crippen MR) is 133 cm³/mol. The first kappa shape index (κ1) is 23.8. The Morgan fingerprint density at radius 3 is 2.38 bits per heavy atom. The number of hydrogen-bond donors (Lipinski definition) is 2. The molecule has 8 heteroatoms. The van der Waals surface area contributed by atoms with Crippen molar-refractivity contribution in [3.63, 3.8) is 0 Å². The Kier molecular flexibility index (Phi) is 7.47. The van der Waals surface area contributed by atoms with E-state index in [2.05, 4.69) is 32.6 Å². The molecule has 2 aliphatic heterocycles. The summed E-state index contributed by atoms with van der Waals surface area (Å²) in [6.07, 6.45) is 2.46. The van der Waals surface area contributed by atoms with Crippen LogP contribution in [0.25, 0.3) is 0 Å². The molecule has 2 N–H and O–H groups in total. The fourth-order valence-corrected chi connectivity index (χ4v) is 4.81. The summed E-state index contributed by atoms with van der Waals surface area (Å²) < 4.78 is 0. The van der Waals surface area contributed by atoms with Gasteiger partial charge in [-0.3, -0.25) is 19.3 Å². The van der Waals surface area contributed by atoms with Gasteiger partial charge in [0, 0.05) is 63.6 Å². The van der Waals surface area contributed by atoms with Crippen LogP contribution in [0.3, 0.4) is 0 Å². The molecule has 0 aliphatic carbocycles. The molecule has 2 aromatic rings. The molecule has 0 radical (unpaired) electrons. The number of piperazine rings is 1. The zero-order chi connectivity index (χ0) is 24.1. The summed E-state index contributed by atoms with van der Waals surface area (Å²) in [6, 6.07) is 15.1. The van der Waals surface area contributed by atoms with E-state index in [9.17, 15) is 14.4 Å². The van der Waals surface area contributed by atoms with Gasteiger partial charge in [0.15, 0.2) is 0 Å². The molecule has 2 saturated heterocycles. The number of anilines is 2. The Morgan fingerprint density at radius 2 is 1.71 bits per heavy atom. The second kappa shape index (κ2) is 10.7. The minimum absolute atomic E-state index is 0.0162. The lowest BCUT2D eigenvalue weighted by atomic mass is 9.99. The molecule has 4 rings (SSSR count). The van der Waals surface area contributed by atoms with Gasteiger partial charge in [-0.15, -0.1) is 0 Å². The van der Waals surface area contributed by atoms with Crippen molar-refractivity contribution in [1.29, 1.82) is 0 Å². The standard InChI is InChI=1S/C26H33N5O3/c1-19(32)31-15-14-29(17-24(31)20-6-5-7-21(16-20)26(34)27-2)18-25(33)28-22-8-10-23(11-9-22)30-12-3-4-13-30/h5-11,16,24H,3-4,12-15,17-18H2,1-2H3,(H,27,34)(H,28,33)/t24-/m1/s1. The van der Waals surface area contributed by atoms with Crippen LogP contribution in [-0.4, -0.2) is 73.8 Å². The SMILES string of the molecule is CNC(=O)c1cccc([C@H]2CN(CC(=O)Nc3ccc(N4CCCC4)cc3)CCN2C(C)=O)c1.